The quantitative estimate of drug-likeness (QED) is 0.789. The molecule has 1 N–H and O–H groups in total. The summed E-state index contributed by atoms with van der Waals surface area (Å²) in [5.41, 5.74) is -1.91. The monoisotopic (exact) mass is 260 g/mol. The maximum atomic E-state index is 12.9. The third kappa shape index (κ3) is 1.87. The molecule has 0 radical (unpaired) electrons. The number of hydrogen-bond acceptors (Lipinski definition) is 4. The largest absolute Gasteiger partial charge is 0.493 e. The van der Waals surface area contributed by atoms with E-state index in [1.165, 1.54) is 0 Å². The molecule has 0 atom stereocenters. The number of aromatic hydroxyl groups is 1. The molecule has 8 heteroatoms. The van der Waals surface area contributed by atoms with E-state index in [4.69, 9.17) is 0 Å². The highest BCUT2D eigenvalue weighted by Gasteiger charge is 2.40. The van der Waals surface area contributed by atoms with Gasteiger partial charge >= 0.3 is 6.18 Å². The maximum absolute atomic E-state index is 12.9. The molecular formula is C10H11F3N4O. The first-order chi connectivity index (χ1) is 8.12. The Bertz CT molecular complexity index is 597. The Morgan fingerprint density at radius 3 is 2.28 bits per heavy atom. The van der Waals surface area contributed by atoms with Gasteiger partial charge in [0.1, 0.15) is 11.7 Å². The first-order valence-corrected chi connectivity index (χ1v) is 5.12. The van der Waals surface area contributed by atoms with E-state index in [9.17, 15) is 18.3 Å². The predicted octanol–water partition coefficient (Wildman–Crippen LogP) is 2.31. The van der Waals surface area contributed by atoms with Gasteiger partial charge in [0.25, 0.3) is 0 Å². The number of hydrogen-bond donors (Lipinski definition) is 1. The zero-order valence-corrected chi connectivity index (χ0v) is 9.95. The Kier molecular flexibility index (Phi) is 2.49. The molecule has 0 saturated carbocycles. The van der Waals surface area contributed by atoms with Crippen LogP contribution < -0.4 is 0 Å². The Morgan fingerprint density at radius 2 is 1.78 bits per heavy atom. The average Bonchev–Trinajstić information content (AvgIpc) is 2.56. The molecule has 98 valence electrons. The van der Waals surface area contributed by atoms with Crippen LogP contribution in [0.1, 0.15) is 26.5 Å². The summed E-state index contributed by atoms with van der Waals surface area (Å²) in [6.45, 7) is 5.08. The van der Waals surface area contributed by atoms with Crippen LogP contribution in [0.5, 0.6) is 5.88 Å². The highest BCUT2D eigenvalue weighted by Crippen LogP contribution is 2.37. The fraction of sp³-hybridized carbons (Fsp3) is 0.500. The summed E-state index contributed by atoms with van der Waals surface area (Å²) in [6.07, 6.45) is -3.67. The van der Waals surface area contributed by atoms with Crippen LogP contribution in [0.4, 0.5) is 13.2 Å². The van der Waals surface area contributed by atoms with Crippen LogP contribution in [0.2, 0.25) is 0 Å². The summed E-state index contributed by atoms with van der Waals surface area (Å²) in [6, 6.07) is 0. The highest BCUT2D eigenvalue weighted by molar-refractivity contribution is 5.83. The molecule has 2 aromatic heterocycles. The standard InChI is InChI=1S/C10H11F3N4O/c1-9(2,3)17-7-5(8(18)15-4-14-7)6(16-17)10(11,12)13/h4H,1-3H3,(H,14,15,18). The van der Waals surface area contributed by atoms with Gasteiger partial charge in [-0.05, 0) is 20.8 Å². The second-order valence-corrected chi connectivity index (χ2v) is 4.82. The van der Waals surface area contributed by atoms with Crippen molar-refractivity contribution in [2.75, 3.05) is 0 Å². The highest BCUT2D eigenvalue weighted by atomic mass is 19.4. The molecule has 0 aliphatic carbocycles. The fourth-order valence-electron chi connectivity index (χ4n) is 1.60. The van der Waals surface area contributed by atoms with E-state index in [1.54, 1.807) is 20.8 Å². The van der Waals surface area contributed by atoms with Crippen LogP contribution in [-0.2, 0) is 11.7 Å². The zero-order valence-electron chi connectivity index (χ0n) is 9.95. The van der Waals surface area contributed by atoms with Crippen molar-refractivity contribution in [2.24, 2.45) is 0 Å². The smallest absolute Gasteiger partial charge is 0.436 e. The van der Waals surface area contributed by atoms with Gasteiger partial charge in [0.15, 0.2) is 11.3 Å². The summed E-state index contributed by atoms with van der Waals surface area (Å²) in [5.74, 6) is -0.720. The second-order valence-electron chi connectivity index (χ2n) is 4.82. The van der Waals surface area contributed by atoms with Crippen LogP contribution in [-0.4, -0.2) is 24.9 Å². The minimum Gasteiger partial charge on any atom is -0.493 e. The van der Waals surface area contributed by atoms with Gasteiger partial charge in [0.05, 0.1) is 5.54 Å². The van der Waals surface area contributed by atoms with Crippen molar-refractivity contribution in [1.29, 1.82) is 0 Å². The molecule has 0 bridgehead atoms. The molecule has 2 aromatic rings. The van der Waals surface area contributed by atoms with Crippen molar-refractivity contribution in [3.05, 3.63) is 12.0 Å². The molecule has 0 amide bonds. The van der Waals surface area contributed by atoms with Crippen LogP contribution >= 0.6 is 0 Å². The molecule has 0 saturated heterocycles. The average molecular weight is 260 g/mol. The molecule has 0 spiro atoms. The topological polar surface area (TPSA) is 63.8 Å². The van der Waals surface area contributed by atoms with Crippen LogP contribution in [0.25, 0.3) is 11.0 Å². The molecule has 0 aliphatic rings. The van der Waals surface area contributed by atoms with Crippen molar-refractivity contribution >= 4 is 11.0 Å². The van der Waals surface area contributed by atoms with E-state index in [0.717, 1.165) is 11.0 Å². The van der Waals surface area contributed by atoms with E-state index in [1.807, 2.05) is 0 Å². The Balaban J connectivity index is 2.89. The molecule has 2 heterocycles. The number of halogens is 3. The van der Waals surface area contributed by atoms with E-state index in [-0.39, 0.29) is 5.65 Å². The van der Waals surface area contributed by atoms with Gasteiger partial charge in [0.2, 0.25) is 5.88 Å². The number of fused-ring (bicyclic) bond motifs is 1. The third-order valence-corrected chi connectivity index (χ3v) is 2.35. The molecule has 0 aliphatic heterocycles. The minimum absolute atomic E-state index is 0.0395. The summed E-state index contributed by atoms with van der Waals surface area (Å²) < 4.78 is 39.7. The van der Waals surface area contributed by atoms with Gasteiger partial charge in [-0.3, -0.25) is 0 Å². The fourth-order valence-corrected chi connectivity index (χ4v) is 1.60. The molecule has 5 nitrogen and oxygen atoms in total. The van der Waals surface area contributed by atoms with E-state index < -0.39 is 28.7 Å². The predicted molar refractivity (Wildman–Crippen MR) is 57.0 cm³/mol. The molecule has 0 fully saturated rings. The van der Waals surface area contributed by atoms with Crippen molar-refractivity contribution in [2.45, 2.75) is 32.5 Å². The summed E-state index contributed by atoms with van der Waals surface area (Å²) in [4.78, 5) is 7.14. The SMILES string of the molecule is CC(C)(C)n1nc(C(F)(F)F)c2c(O)ncnc21. The van der Waals surface area contributed by atoms with Crippen LogP contribution in [0.3, 0.4) is 0 Å². The molecule has 18 heavy (non-hydrogen) atoms. The van der Waals surface area contributed by atoms with Gasteiger partial charge in [-0.15, -0.1) is 0 Å². The zero-order chi connectivity index (χ0) is 13.7. The second kappa shape index (κ2) is 3.56. The van der Waals surface area contributed by atoms with Crippen molar-refractivity contribution in [3.63, 3.8) is 0 Å². The van der Waals surface area contributed by atoms with Crippen LogP contribution in [0, 0.1) is 0 Å². The van der Waals surface area contributed by atoms with Gasteiger partial charge in [0, 0.05) is 0 Å². The van der Waals surface area contributed by atoms with Gasteiger partial charge in [-0.1, -0.05) is 0 Å². The molecule has 0 aromatic carbocycles. The lowest BCUT2D eigenvalue weighted by Gasteiger charge is -2.19. The number of alkyl halides is 3. The number of nitrogens with zero attached hydrogens (tertiary/aromatic N) is 4. The number of aromatic nitrogens is 4. The minimum atomic E-state index is -4.67. The summed E-state index contributed by atoms with van der Waals surface area (Å²) in [7, 11) is 0. The third-order valence-electron chi connectivity index (χ3n) is 2.35. The maximum Gasteiger partial charge on any atom is 0.436 e. The summed E-state index contributed by atoms with van der Waals surface area (Å²) >= 11 is 0. The van der Waals surface area contributed by atoms with Crippen molar-refractivity contribution in [1.82, 2.24) is 19.7 Å². The normalized spacial score (nSPS) is 13.2. The Hall–Kier alpha value is -1.86. The lowest BCUT2D eigenvalue weighted by molar-refractivity contribution is -0.140. The summed E-state index contributed by atoms with van der Waals surface area (Å²) in [5, 5.41) is 12.5. The molecule has 2 rings (SSSR count). The van der Waals surface area contributed by atoms with Gasteiger partial charge in [-0.2, -0.15) is 18.3 Å². The van der Waals surface area contributed by atoms with E-state index in [2.05, 4.69) is 15.1 Å². The lowest BCUT2D eigenvalue weighted by Crippen LogP contribution is -2.24. The van der Waals surface area contributed by atoms with Crippen molar-refractivity contribution < 1.29 is 18.3 Å². The number of rotatable bonds is 0. The Labute approximate surface area is 100 Å². The van der Waals surface area contributed by atoms with E-state index in [0.29, 0.717) is 0 Å². The molecule has 0 unspecified atom stereocenters. The van der Waals surface area contributed by atoms with Gasteiger partial charge in [-0.25, -0.2) is 14.6 Å². The first-order valence-electron chi connectivity index (χ1n) is 5.12. The van der Waals surface area contributed by atoms with Gasteiger partial charge < -0.3 is 5.11 Å². The lowest BCUT2D eigenvalue weighted by atomic mass is 10.1. The first kappa shape index (κ1) is 12.6. The van der Waals surface area contributed by atoms with E-state index >= 15 is 0 Å². The van der Waals surface area contributed by atoms with Crippen LogP contribution in [0.15, 0.2) is 6.33 Å². The van der Waals surface area contributed by atoms with Crippen molar-refractivity contribution in [3.8, 4) is 5.88 Å². The molecular weight excluding hydrogens is 249 g/mol. The Morgan fingerprint density at radius 1 is 1.17 bits per heavy atom.